The van der Waals surface area contributed by atoms with Gasteiger partial charge in [0.1, 0.15) is 11.5 Å². The molecule has 2 heterocycles. The molecule has 2 fully saturated rings. The molecular formula is C26H33N3O5. The van der Waals surface area contributed by atoms with Crippen molar-refractivity contribution in [1.82, 2.24) is 14.7 Å². The minimum atomic E-state index is -0.0434. The lowest BCUT2D eigenvalue weighted by Crippen LogP contribution is -2.51. The average molecular weight is 468 g/mol. The van der Waals surface area contributed by atoms with Crippen LogP contribution in [0.5, 0.6) is 11.5 Å². The van der Waals surface area contributed by atoms with Crippen molar-refractivity contribution in [1.29, 1.82) is 0 Å². The summed E-state index contributed by atoms with van der Waals surface area (Å²) in [4.78, 5) is 31.3. The highest BCUT2D eigenvalue weighted by atomic mass is 16.5. The van der Waals surface area contributed by atoms with Crippen molar-refractivity contribution >= 4 is 11.8 Å². The Balaban J connectivity index is 1.19. The van der Waals surface area contributed by atoms with Gasteiger partial charge in [-0.15, -0.1) is 0 Å². The Hall–Kier alpha value is -3.10. The Morgan fingerprint density at radius 2 is 1.38 bits per heavy atom. The minimum absolute atomic E-state index is 0.00908. The molecule has 8 nitrogen and oxygen atoms in total. The van der Waals surface area contributed by atoms with E-state index in [4.69, 9.17) is 14.2 Å². The van der Waals surface area contributed by atoms with Crippen LogP contribution in [0.4, 0.5) is 0 Å². The highest BCUT2D eigenvalue weighted by Crippen LogP contribution is 2.13. The molecule has 0 saturated carbocycles. The molecule has 2 saturated heterocycles. The van der Waals surface area contributed by atoms with Crippen LogP contribution in [0.25, 0.3) is 0 Å². The Labute approximate surface area is 201 Å². The first-order valence-electron chi connectivity index (χ1n) is 11.9. The smallest absolute Gasteiger partial charge is 0.260 e. The van der Waals surface area contributed by atoms with Gasteiger partial charge < -0.3 is 24.0 Å². The maximum atomic E-state index is 12.6. The number of benzene rings is 2. The number of rotatable bonds is 8. The summed E-state index contributed by atoms with van der Waals surface area (Å²) in [5, 5.41) is 0. The SMILES string of the molecule is O=C(COc1ccccc1)N1CCCN(CC2CN(C(=O)COc3ccccc3)CCO2)CC1. The molecule has 0 bridgehead atoms. The van der Waals surface area contributed by atoms with Crippen molar-refractivity contribution in [3.63, 3.8) is 0 Å². The first kappa shape index (κ1) is 24.0. The number of nitrogens with zero attached hydrogens (tertiary/aromatic N) is 3. The van der Waals surface area contributed by atoms with Crippen molar-refractivity contribution in [3.8, 4) is 11.5 Å². The topological polar surface area (TPSA) is 71.6 Å². The lowest BCUT2D eigenvalue weighted by molar-refractivity contribution is -0.141. The second-order valence-electron chi connectivity index (χ2n) is 8.57. The molecule has 1 unspecified atom stereocenters. The number of morpholine rings is 1. The molecule has 2 aliphatic heterocycles. The maximum Gasteiger partial charge on any atom is 0.260 e. The molecule has 1 atom stereocenters. The quantitative estimate of drug-likeness (QED) is 0.591. The molecule has 34 heavy (non-hydrogen) atoms. The Morgan fingerprint density at radius 1 is 0.765 bits per heavy atom. The molecular weight excluding hydrogens is 434 g/mol. The number of hydrogen-bond donors (Lipinski definition) is 0. The van der Waals surface area contributed by atoms with Gasteiger partial charge in [-0.2, -0.15) is 0 Å². The molecule has 2 aromatic carbocycles. The number of carbonyl (C=O) groups excluding carboxylic acids is 2. The number of para-hydroxylation sites is 2. The summed E-state index contributed by atoms with van der Waals surface area (Å²) < 4.78 is 17.2. The van der Waals surface area contributed by atoms with Crippen LogP contribution in [0, 0.1) is 0 Å². The van der Waals surface area contributed by atoms with E-state index in [0.717, 1.165) is 32.6 Å². The fourth-order valence-corrected chi connectivity index (χ4v) is 4.25. The predicted octanol–water partition coefficient (Wildman–Crippen LogP) is 1.91. The molecule has 182 valence electrons. The van der Waals surface area contributed by atoms with Crippen LogP contribution in [0.1, 0.15) is 6.42 Å². The van der Waals surface area contributed by atoms with Crippen LogP contribution in [-0.2, 0) is 14.3 Å². The number of hydrogen-bond acceptors (Lipinski definition) is 6. The van der Waals surface area contributed by atoms with Gasteiger partial charge in [0.05, 0.1) is 12.7 Å². The lowest BCUT2D eigenvalue weighted by atomic mass is 10.2. The monoisotopic (exact) mass is 467 g/mol. The van der Waals surface area contributed by atoms with Crippen LogP contribution in [0.15, 0.2) is 60.7 Å². The summed E-state index contributed by atoms with van der Waals surface area (Å²) in [6, 6.07) is 18.8. The number of amides is 2. The molecule has 2 aliphatic rings. The van der Waals surface area contributed by atoms with E-state index >= 15 is 0 Å². The second-order valence-corrected chi connectivity index (χ2v) is 8.57. The third-order valence-corrected chi connectivity index (χ3v) is 6.11. The minimum Gasteiger partial charge on any atom is -0.484 e. The second kappa shape index (κ2) is 12.4. The zero-order chi connectivity index (χ0) is 23.6. The van der Waals surface area contributed by atoms with Gasteiger partial charge >= 0.3 is 0 Å². The van der Waals surface area contributed by atoms with Gasteiger partial charge in [0, 0.05) is 39.3 Å². The van der Waals surface area contributed by atoms with Crippen LogP contribution in [0.3, 0.4) is 0 Å². The van der Waals surface area contributed by atoms with Crippen molar-refractivity contribution in [2.24, 2.45) is 0 Å². The van der Waals surface area contributed by atoms with Gasteiger partial charge in [0.25, 0.3) is 11.8 Å². The van der Waals surface area contributed by atoms with Gasteiger partial charge in [-0.05, 0) is 37.2 Å². The van der Waals surface area contributed by atoms with E-state index in [1.807, 2.05) is 70.5 Å². The van der Waals surface area contributed by atoms with Gasteiger partial charge in [0.15, 0.2) is 13.2 Å². The van der Waals surface area contributed by atoms with Gasteiger partial charge in [-0.1, -0.05) is 36.4 Å². The van der Waals surface area contributed by atoms with Crippen LogP contribution in [0.2, 0.25) is 0 Å². The molecule has 4 rings (SSSR count). The van der Waals surface area contributed by atoms with Crippen molar-refractivity contribution in [3.05, 3.63) is 60.7 Å². The zero-order valence-corrected chi connectivity index (χ0v) is 19.5. The summed E-state index contributed by atoms with van der Waals surface area (Å²) in [5.74, 6) is 1.38. The molecule has 2 amide bonds. The van der Waals surface area contributed by atoms with Crippen LogP contribution < -0.4 is 9.47 Å². The molecule has 0 aromatic heterocycles. The zero-order valence-electron chi connectivity index (χ0n) is 19.5. The molecule has 2 aromatic rings. The Morgan fingerprint density at radius 3 is 2.03 bits per heavy atom. The Kier molecular flexibility index (Phi) is 8.76. The first-order valence-corrected chi connectivity index (χ1v) is 11.9. The van der Waals surface area contributed by atoms with Crippen molar-refractivity contribution in [2.45, 2.75) is 12.5 Å². The normalized spacial score (nSPS) is 19.4. The molecule has 0 aliphatic carbocycles. The van der Waals surface area contributed by atoms with Gasteiger partial charge in [-0.25, -0.2) is 0 Å². The average Bonchev–Trinajstić information content (AvgIpc) is 3.13. The molecule has 0 spiro atoms. The van der Waals surface area contributed by atoms with Crippen molar-refractivity contribution in [2.75, 3.05) is 65.6 Å². The molecule has 0 N–H and O–H groups in total. The van der Waals surface area contributed by atoms with E-state index in [9.17, 15) is 9.59 Å². The van der Waals surface area contributed by atoms with E-state index in [1.165, 1.54) is 0 Å². The predicted molar refractivity (Wildman–Crippen MR) is 128 cm³/mol. The third kappa shape index (κ3) is 7.20. The van der Waals surface area contributed by atoms with Gasteiger partial charge in [0.2, 0.25) is 0 Å². The molecule has 0 radical (unpaired) electrons. The Bertz CT molecular complexity index is 911. The molecule has 8 heteroatoms. The largest absolute Gasteiger partial charge is 0.484 e. The first-order chi connectivity index (χ1) is 16.7. The van der Waals surface area contributed by atoms with E-state index in [1.54, 1.807) is 0 Å². The van der Waals surface area contributed by atoms with Crippen molar-refractivity contribution < 1.29 is 23.8 Å². The van der Waals surface area contributed by atoms with Gasteiger partial charge in [-0.3, -0.25) is 14.5 Å². The van der Waals surface area contributed by atoms with E-state index in [-0.39, 0.29) is 31.1 Å². The van der Waals surface area contributed by atoms with E-state index in [2.05, 4.69) is 4.90 Å². The highest BCUT2D eigenvalue weighted by molar-refractivity contribution is 5.78. The fourth-order valence-electron chi connectivity index (χ4n) is 4.25. The van der Waals surface area contributed by atoms with Crippen LogP contribution >= 0.6 is 0 Å². The summed E-state index contributed by atoms with van der Waals surface area (Å²) in [6.45, 7) is 5.55. The summed E-state index contributed by atoms with van der Waals surface area (Å²) in [5.41, 5.74) is 0. The number of ether oxygens (including phenoxy) is 3. The third-order valence-electron chi connectivity index (χ3n) is 6.11. The summed E-state index contributed by atoms with van der Waals surface area (Å²) >= 11 is 0. The van der Waals surface area contributed by atoms with E-state index < -0.39 is 0 Å². The number of carbonyl (C=O) groups is 2. The standard InChI is InChI=1S/C26H33N3O5/c30-25(20-33-22-8-3-1-4-9-22)28-13-7-12-27(14-15-28)18-24-19-29(16-17-32-24)26(31)21-34-23-10-5-2-6-11-23/h1-6,8-11,24H,7,12-21H2. The lowest BCUT2D eigenvalue weighted by Gasteiger charge is -2.35. The van der Waals surface area contributed by atoms with E-state index in [0.29, 0.717) is 37.7 Å². The maximum absolute atomic E-state index is 12.6. The summed E-state index contributed by atoms with van der Waals surface area (Å²) in [6.07, 6.45) is 0.857. The fraction of sp³-hybridized carbons (Fsp3) is 0.462. The van der Waals surface area contributed by atoms with Crippen LogP contribution in [-0.4, -0.2) is 98.3 Å². The highest BCUT2D eigenvalue weighted by Gasteiger charge is 2.27. The summed E-state index contributed by atoms with van der Waals surface area (Å²) in [7, 11) is 0.